The van der Waals surface area contributed by atoms with Crippen LogP contribution in [0.1, 0.15) is 34.5 Å². The molecule has 0 aliphatic heterocycles. The number of carbonyl (C=O) groups excluding carboxylic acids is 1. The molecule has 0 bridgehead atoms. The molecule has 7 nitrogen and oxygen atoms in total. The number of anilines is 1. The van der Waals surface area contributed by atoms with Gasteiger partial charge in [-0.15, -0.1) is 0 Å². The zero-order valence-electron chi connectivity index (χ0n) is 17.7. The average Bonchev–Trinajstić information content (AvgIpc) is 3.22. The van der Waals surface area contributed by atoms with Gasteiger partial charge < -0.3 is 5.32 Å². The number of rotatable bonds is 6. The lowest BCUT2D eigenvalue weighted by molar-refractivity contribution is -0.116. The molecule has 166 valence electrons. The van der Waals surface area contributed by atoms with Gasteiger partial charge in [0.2, 0.25) is 5.91 Å². The van der Waals surface area contributed by atoms with Crippen LogP contribution in [0.2, 0.25) is 5.02 Å². The van der Waals surface area contributed by atoms with E-state index < -0.39 is 12.3 Å². The van der Waals surface area contributed by atoms with Gasteiger partial charge in [-0.3, -0.25) is 9.48 Å². The number of pyridine rings is 1. The van der Waals surface area contributed by atoms with Crippen molar-refractivity contribution in [2.24, 2.45) is 0 Å². The van der Waals surface area contributed by atoms with E-state index in [0.717, 1.165) is 11.1 Å². The van der Waals surface area contributed by atoms with Gasteiger partial charge in [-0.05, 0) is 32.4 Å². The van der Waals surface area contributed by atoms with Gasteiger partial charge in [0.1, 0.15) is 11.6 Å². The van der Waals surface area contributed by atoms with Crippen LogP contribution in [-0.4, -0.2) is 30.5 Å². The number of benzene rings is 1. The molecule has 0 fully saturated rings. The van der Waals surface area contributed by atoms with Crippen LogP contribution in [0.4, 0.5) is 14.6 Å². The fourth-order valence-corrected chi connectivity index (χ4v) is 3.75. The fraction of sp³-hybridized carbons (Fsp3) is 0.273. The number of aromatic nitrogens is 5. The Morgan fingerprint density at radius 1 is 1.16 bits per heavy atom. The molecule has 0 unspecified atom stereocenters. The Labute approximate surface area is 188 Å². The summed E-state index contributed by atoms with van der Waals surface area (Å²) in [6, 6.07) is 9.35. The van der Waals surface area contributed by atoms with Crippen molar-refractivity contribution in [2.75, 3.05) is 5.32 Å². The summed E-state index contributed by atoms with van der Waals surface area (Å²) in [6.45, 7) is 5.53. The highest BCUT2D eigenvalue weighted by Crippen LogP contribution is 2.30. The zero-order valence-corrected chi connectivity index (χ0v) is 18.5. The van der Waals surface area contributed by atoms with Crippen molar-refractivity contribution in [3.05, 3.63) is 69.6 Å². The van der Waals surface area contributed by atoms with Crippen molar-refractivity contribution in [3.63, 3.8) is 0 Å². The van der Waals surface area contributed by atoms with E-state index >= 15 is 0 Å². The summed E-state index contributed by atoms with van der Waals surface area (Å²) in [6.07, 6.45) is -1.04. The van der Waals surface area contributed by atoms with Crippen molar-refractivity contribution >= 4 is 34.4 Å². The van der Waals surface area contributed by atoms with E-state index in [0.29, 0.717) is 23.0 Å². The third kappa shape index (κ3) is 4.47. The highest BCUT2D eigenvalue weighted by atomic mass is 35.5. The predicted molar refractivity (Wildman–Crippen MR) is 118 cm³/mol. The minimum atomic E-state index is -2.67. The summed E-state index contributed by atoms with van der Waals surface area (Å²) in [7, 11) is 0. The molecule has 3 heterocycles. The first-order valence-electron chi connectivity index (χ1n) is 9.92. The van der Waals surface area contributed by atoms with E-state index in [1.807, 2.05) is 31.2 Å². The summed E-state index contributed by atoms with van der Waals surface area (Å²) in [4.78, 5) is 17.0. The molecule has 3 aromatic heterocycles. The largest absolute Gasteiger partial charge is 0.306 e. The van der Waals surface area contributed by atoms with E-state index in [9.17, 15) is 13.6 Å². The van der Waals surface area contributed by atoms with Gasteiger partial charge in [0.05, 0.1) is 17.6 Å². The van der Waals surface area contributed by atoms with Crippen molar-refractivity contribution in [1.82, 2.24) is 24.5 Å². The normalized spacial score (nSPS) is 11.5. The third-order valence-corrected chi connectivity index (χ3v) is 5.28. The Bertz CT molecular complexity index is 1300. The minimum Gasteiger partial charge on any atom is -0.306 e. The highest BCUT2D eigenvalue weighted by molar-refractivity contribution is 6.33. The molecule has 0 aliphatic rings. The van der Waals surface area contributed by atoms with Crippen molar-refractivity contribution < 1.29 is 13.6 Å². The molecular weight excluding hydrogens is 438 g/mol. The first-order chi connectivity index (χ1) is 15.2. The van der Waals surface area contributed by atoms with Gasteiger partial charge in [-0.1, -0.05) is 41.4 Å². The molecule has 10 heteroatoms. The molecule has 0 saturated heterocycles. The fourth-order valence-electron chi connectivity index (χ4n) is 3.55. The Kier molecular flexibility index (Phi) is 5.92. The Morgan fingerprint density at radius 2 is 1.88 bits per heavy atom. The Balaban J connectivity index is 1.53. The van der Waals surface area contributed by atoms with Gasteiger partial charge in [-0.2, -0.15) is 10.2 Å². The maximum atomic E-state index is 13.5. The van der Waals surface area contributed by atoms with Crippen molar-refractivity contribution in [1.29, 1.82) is 0 Å². The molecule has 0 atom stereocenters. The molecule has 0 spiro atoms. The molecule has 0 aliphatic carbocycles. The van der Waals surface area contributed by atoms with Crippen molar-refractivity contribution in [2.45, 2.75) is 40.3 Å². The summed E-state index contributed by atoms with van der Waals surface area (Å²) >= 11 is 6.24. The zero-order chi connectivity index (χ0) is 23.0. The van der Waals surface area contributed by atoms with Crippen LogP contribution in [0.3, 0.4) is 0 Å². The van der Waals surface area contributed by atoms with Crippen molar-refractivity contribution in [3.8, 4) is 0 Å². The first-order valence-corrected chi connectivity index (χ1v) is 10.3. The van der Waals surface area contributed by atoms with E-state index in [1.54, 1.807) is 24.7 Å². The number of amides is 1. The summed E-state index contributed by atoms with van der Waals surface area (Å²) in [5, 5.41) is 11.8. The quantitative estimate of drug-likeness (QED) is 0.449. The number of carbonyl (C=O) groups is 1. The van der Waals surface area contributed by atoms with E-state index in [1.165, 1.54) is 10.7 Å². The number of nitrogens with zero attached hydrogens (tertiary/aromatic N) is 5. The van der Waals surface area contributed by atoms with Crippen LogP contribution in [0, 0.1) is 20.8 Å². The summed E-state index contributed by atoms with van der Waals surface area (Å²) in [5.74, 6) is -0.229. The van der Waals surface area contributed by atoms with E-state index in [-0.39, 0.29) is 29.0 Å². The number of alkyl halides is 2. The standard InChI is InChI=1S/C22H21ClF2N6O/c1-12-4-6-15(7-5-12)9-30-10-17(23)21(29-30)27-18(32)11-31-22-19(14(3)28-31)16(20(24)25)8-13(2)26-22/h4-8,10,20H,9,11H2,1-3H3,(H,27,29,32). The second-order valence-corrected chi connectivity index (χ2v) is 8.06. The lowest BCUT2D eigenvalue weighted by atomic mass is 10.1. The number of hydrogen-bond acceptors (Lipinski definition) is 4. The van der Waals surface area contributed by atoms with Gasteiger partial charge in [0.25, 0.3) is 6.43 Å². The Hall–Kier alpha value is -3.33. The topological polar surface area (TPSA) is 77.6 Å². The van der Waals surface area contributed by atoms with Crippen LogP contribution < -0.4 is 5.32 Å². The Morgan fingerprint density at radius 3 is 2.56 bits per heavy atom. The maximum Gasteiger partial charge on any atom is 0.264 e. The monoisotopic (exact) mass is 458 g/mol. The second kappa shape index (κ2) is 8.66. The molecule has 4 aromatic rings. The molecule has 1 amide bonds. The number of halogens is 3. The molecule has 32 heavy (non-hydrogen) atoms. The average molecular weight is 459 g/mol. The van der Waals surface area contributed by atoms with Crippen LogP contribution in [-0.2, 0) is 17.9 Å². The number of hydrogen-bond donors (Lipinski definition) is 1. The maximum absolute atomic E-state index is 13.5. The number of aryl methyl sites for hydroxylation is 3. The van der Waals surface area contributed by atoms with Crippen LogP contribution in [0.25, 0.3) is 11.0 Å². The molecular formula is C22H21ClF2N6O. The molecule has 1 N–H and O–H groups in total. The van der Waals surface area contributed by atoms with Crippen LogP contribution >= 0.6 is 11.6 Å². The summed E-state index contributed by atoms with van der Waals surface area (Å²) < 4.78 is 29.9. The van der Waals surface area contributed by atoms with Gasteiger partial charge in [-0.25, -0.2) is 18.4 Å². The SMILES string of the molecule is Cc1ccc(Cn2cc(Cl)c(NC(=O)Cn3nc(C)c4c(C(F)F)cc(C)nc43)n2)cc1. The molecule has 4 rings (SSSR count). The summed E-state index contributed by atoms with van der Waals surface area (Å²) in [5.41, 5.74) is 3.11. The lowest BCUT2D eigenvalue weighted by Gasteiger charge is -2.07. The van der Waals surface area contributed by atoms with Gasteiger partial charge in [0, 0.05) is 17.5 Å². The number of fused-ring (bicyclic) bond motifs is 1. The number of nitrogens with one attached hydrogen (secondary N) is 1. The smallest absolute Gasteiger partial charge is 0.264 e. The van der Waals surface area contributed by atoms with Gasteiger partial charge >= 0.3 is 0 Å². The molecule has 0 radical (unpaired) electrons. The highest BCUT2D eigenvalue weighted by Gasteiger charge is 2.21. The van der Waals surface area contributed by atoms with E-state index in [2.05, 4.69) is 20.5 Å². The molecule has 0 saturated carbocycles. The lowest BCUT2D eigenvalue weighted by Crippen LogP contribution is -2.20. The first kappa shape index (κ1) is 21.9. The minimum absolute atomic E-state index is 0.144. The van der Waals surface area contributed by atoms with E-state index in [4.69, 9.17) is 11.6 Å². The predicted octanol–water partition coefficient (Wildman–Crippen LogP) is 4.83. The van der Waals surface area contributed by atoms with Crippen LogP contribution in [0.15, 0.2) is 36.5 Å². The third-order valence-electron chi connectivity index (χ3n) is 5.00. The molecule has 1 aromatic carbocycles. The van der Waals surface area contributed by atoms with Gasteiger partial charge in [0.15, 0.2) is 11.5 Å². The van der Waals surface area contributed by atoms with Crippen LogP contribution in [0.5, 0.6) is 0 Å². The second-order valence-electron chi connectivity index (χ2n) is 7.65.